The van der Waals surface area contributed by atoms with Gasteiger partial charge < -0.3 is 44.7 Å². The predicted octanol–water partition coefficient (Wildman–Crippen LogP) is 29.2. The molecule has 0 atom stereocenters. The van der Waals surface area contributed by atoms with Gasteiger partial charge in [0.1, 0.15) is 11.2 Å². The van der Waals surface area contributed by atoms with Crippen LogP contribution >= 0.6 is 0 Å². The van der Waals surface area contributed by atoms with Crippen molar-refractivity contribution in [1.29, 1.82) is 0 Å². The van der Waals surface area contributed by atoms with Crippen LogP contribution < -0.4 is 0 Å². The summed E-state index contributed by atoms with van der Waals surface area (Å²) in [4.78, 5) is 0. The number of aryl methyl sites for hydroxylation is 2. The summed E-state index contributed by atoms with van der Waals surface area (Å²) in [5.74, 6) is 0. The molecule has 0 radical (unpaired) electrons. The van der Waals surface area contributed by atoms with E-state index >= 15 is 0 Å². The van der Waals surface area contributed by atoms with Gasteiger partial charge in [0, 0.05) is 176 Å². The van der Waals surface area contributed by atoms with Crippen LogP contribution in [0.4, 0.5) is 0 Å². The first-order valence-electron chi connectivity index (χ1n) is 41.6. The molecule has 0 saturated carbocycles. The summed E-state index contributed by atoms with van der Waals surface area (Å²) in [6.07, 6.45) is 0. The normalized spacial score (nSPS) is 13.2. The molecule has 0 aliphatic rings. The van der Waals surface area contributed by atoms with E-state index in [4.69, 9.17) is 8.83 Å². The van der Waals surface area contributed by atoms with E-state index in [-0.39, 0.29) is 0 Å². The van der Waals surface area contributed by atoms with Crippen molar-refractivity contribution < 1.29 is 8.83 Å². The molecule has 32 aromatic rings. The van der Waals surface area contributed by atoms with E-state index in [1.807, 2.05) is 0 Å². The number of rotatable bonds is 3. The monoisotopic (exact) mass is 1520 g/mol. The Hall–Kier alpha value is -16.0. The summed E-state index contributed by atoms with van der Waals surface area (Å²) in [7, 11) is 4.52. The van der Waals surface area contributed by atoms with Crippen LogP contribution in [0.15, 0.2) is 324 Å². The second kappa shape index (κ2) is 20.2. The van der Waals surface area contributed by atoms with Crippen LogP contribution in [0.3, 0.4) is 0 Å². The number of hydrogen-bond acceptors (Lipinski definition) is 2. The lowest BCUT2D eigenvalue weighted by molar-refractivity contribution is 0.666. The van der Waals surface area contributed by atoms with E-state index in [0.717, 1.165) is 82.9 Å². The number of hydrogen-bond donors (Lipinski definition) is 0. The van der Waals surface area contributed by atoms with Crippen LogP contribution in [-0.2, 0) is 14.1 Å². The van der Waals surface area contributed by atoms with Crippen molar-refractivity contribution in [2.24, 2.45) is 14.1 Å². The molecule has 14 aromatic heterocycles. The van der Waals surface area contributed by atoms with Gasteiger partial charge in [-0.2, -0.15) is 0 Å². The fraction of sp³-hybridized carbons (Fsp3) is 0.0182. The molecule has 0 bridgehead atoms. The largest absolute Gasteiger partial charge is 0.454 e. The zero-order valence-corrected chi connectivity index (χ0v) is 64.4. The van der Waals surface area contributed by atoms with E-state index in [0.29, 0.717) is 0 Å². The molecule has 10 nitrogen and oxygen atoms in total. The summed E-state index contributed by atoms with van der Waals surface area (Å²) < 4.78 is 34.5. The Labute approximate surface area is 675 Å². The second-order valence-corrected chi connectivity index (χ2v) is 34.1. The van der Waals surface area contributed by atoms with Gasteiger partial charge in [-0.1, -0.05) is 206 Å². The van der Waals surface area contributed by atoms with Crippen molar-refractivity contribution in [2.45, 2.75) is 0 Å². The highest BCUT2D eigenvalue weighted by atomic mass is 16.3. The number of para-hydroxylation sites is 11. The van der Waals surface area contributed by atoms with Gasteiger partial charge in [0.05, 0.1) is 111 Å². The van der Waals surface area contributed by atoms with Crippen LogP contribution in [0.25, 0.3) is 306 Å². The van der Waals surface area contributed by atoms with E-state index in [9.17, 15) is 0 Å². The van der Waals surface area contributed by atoms with Crippen LogP contribution in [-0.4, -0.2) is 35.9 Å². The standard InChI is InChI=1S/C110H58N8O2/c1-111-80-34-10-3-21-56(80)63-44-45-64-60-28-17-29-61-72-50-91-73(49-90(72)117(101(60)61)107(64)105(63)111)62-30-18-33-70-96-71(48-76-57-22-4-11-35-81(57)112(2)106(76)108(96)118(91)102(62)70)55-43-46-85-79(47-55)98-93(114(85)87-40-20-32-66-59-24-9-16-42-95(59)120-110(66)87)54-78-75-52-88-74(51-89(75)116-84-38-14-7-27-69(84)100(98)104(78)116)77-53-92-97(99-68-26-6-13-37-83(68)115(88)103(77)99)67-25-5-12-36-82(67)113(92)86-39-19-31-65-58-23-8-15-41-94(58)119-109(65)86/h3-54H,1-2H3. The molecule has 10 heteroatoms. The van der Waals surface area contributed by atoms with Crippen LogP contribution in [0, 0.1) is 0 Å². The lowest BCUT2D eigenvalue weighted by atomic mass is 9.94. The van der Waals surface area contributed by atoms with Gasteiger partial charge >= 0.3 is 0 Å². The number of furan rings is 2. The SMILES string of the molecule is Cn1c2ccccc2c2ccc3c4cccc5c6cc7c(cc6n(c54)c3c21)c1cccc2c3c(-c4ccc5c(c4)c4c6c8ccccc8n8c9cc%10c%11cc%12c(c%13ccccc%13n%12-c%12cccc%13c%12oc%12ccccc%12%13)c%12c%13ccccc%13n(c%10cc9c(cc4n5-c4cccc5c4oc4ccccc45)c68)c%11%12)cc4c5ccccc5n(C)c4c3n7c12. The molecule has 0 aliphatic heterocycles. The summed E-state index contributed by atoms with van der Waals surface area (Å²) in [6, 6.07) is 119. The van der Waals surface area contributed by atoms with E-state index in [1.165, 1.54) is 223 Å². The molecule has 0 spiro atoms. The highest BCUT2D eigenvalue weighted by Gasteiger charge is 2.34. The fourth-order valence-electron chi connectivity index (χ4n) is 24.3. The Kier molecular flexibility index (Phi) is 10.2. The van der Waals surface area contributed by atoms with Gasteiger partial charge in [-0.15, -0.1) is 0 Å². The van der Waals surface area contributed by atoms with Crippen molar-refractivity contribution in [3.05, 3.63) is 315 Å². The molecular formula is C110H58N8O2. The highest BCUT2D eigenvalue weighted by Crippen LogP contribution is 2.56. The van der Waals surface area contributed by atoms with Crippen LogP contribution in [0.1, 0.15) is 0 Å². The molecule has 120 heavy (non-hydrogen) atoms. The van der Waals surface area contributed by atoms with Crippen molar-refractivity contribution in [1.82, 2.24) is 35.9 Å². The Balaban J connectivity index is 0.697. The zero-order valence-electron chi connectivity index (χ0n) is 64.4. The molecule has 14 heterocycles. The molecule has 0 fully saturated rings. The summed E-state index contributed by atoms with van der Waals surface area (Å²) >= 11 is 0. The smallest absolute Gasteiger partial charge is 0.159 e. The van der Waals surface area contributed by atoms with E-state index in [1.54, 1.807) is 0 Å². The first-order chi connectivity index (χ1) is 59.4. The van der Waals surface area contributed by atoms with Crippen molar-refractivity contribution in [3.8, 4) is 22.5 Å². The van der Waals surface area contributed by atoms with E-state index in [2.05, 4.69) is 365 Å². The third-order valence-corrected chi connectivity index (χ3v) is 28.9. The summed E-state index contributed by atoms with van der Waals surface area (Å²) in [5.41, 5.74) is 31.9. The third kappa shape index (κ3) is 6.66. The molecule has 0 saturated heterocycles. The second-order valence-electron chi connectivity index (χ2n) is 34.1. The summed E-state index contributed by atoms with van der Waals surface area (Å²) in [5, 5.41) is 34.1. The maximum Gasteiger partial charge on any atom is 0.159 e. The van der Waals surface area contributed by atoms with Gasteiger partial charge in [0.25, 0.3) is 0 Å². The molecule has 0 amide bonds. The molecule has 0 aliphatic carbocycles. The topological polar surface area (TPSA) is 63.6 Å². The van der Waals surface area contributed by atoms with Gasteiger partial charge in [0.15, 0.2) is 11.2 Å². The minimum atomic E-state index is 0.857. The molecule has 32 rings (SSSR count). The fourth-order valence-corrected chi connectivity index (χ4v) is 24.3. The lowest BCUT2D eigenvalue weighted by Crippen LogP contribution is -1.94. The molecule has 550 valence electrons. The average molecular weight is 1520 g/mol. The Morgan fingerprint density at radius 1 is 0.183 bits per heavy atom. The minimum absolute atomic E-state index is 0.857. The Morgan fingerprint density at radius 2 is 0.550 bits per heavy atom. The van der Waals surface area contributed by atoms with Crippen molar-refractivity contribution in [3.63, 3.8) is 0 Å². The number of nitrogens with zero attached hydrogens (tertiary/aromatic N) is 8. The Morgan fingerprint density at radius 3 is 1.12 bits per heavy atom. The van der Waals surface area contributed by atoms with Crippen molar-refractivity contribution >= 4 is 283 Å². The summed E-state index contributed by atoms with van der Waals surface area (Å²) in [6.45, 7) is 0. The maximum absolute atomic E-state index is 7.18. The molecular weight excluding hydrogens is 1470 g/mol. The lowest BCUT2D eigenvalue weighted by Gasteiger charge is -2.11. The minimum Gasteiger partial charge on any atom is -0.454 e. The Bertz CT molecular complexity index is 10500. The maximum atomic E-state index is 7.18. The van der Waals surface area contributed by atoms with Gasteiger partial charge in [-0.25, -0.2) is 0 Å². The van der Waals surface area contributed by atoms with Crippen LogP contribution in [0.5, 0.6) is 0 Å². The van der Waals surface area contributed by atoms with Gasteiger partial charge in [-0.05, 0) is 120 Å². The first kappa shape index (κ1) is 60.5. The highest BCUT2D eigenvalue weighted by molar-refractivity contribution is 6.42. The molecule has 18 aromatic carbocycles. The first-order valence-corrected chi connectivity index (χ1v) is 41.6. The van der Waals surface area contributed by atoms with Gasteiger partial charge in [0.2, 0.25) is 0 Å². The number of aromatic nitrogens is 8. The van der Waals surface area contributed by atoms with Crippen molar-refractivity contribution in [2.75, 3.05) is 0 Å². The third-order valence-electron chi connectivity index (χ3n) is 28.9. The zero-order chi connectivity index (χ0) is 77.1. The predicted molar refractivity (Wildman–Crippen MR) is 502 cm³/mol. The quantitative estimate of drug-likeness (QED) is 0.177. The van der Waals surface area contributed by atoms with Crippen LogP contribution in [0.2, 0.25) is 0 Å². The molecule has 0 unspecified atom stereocenters. The average Bonchev–Trinajstić information content (AvgIpc) is 1.48. The van der Waals surface area contributed by atoms with E-state index < -0.39 is 0 Å². The molecule has 0 N–H and O–H groups in total. The number of benzene rings is 18. The number of fused-ring (bicyclic) bond motifs is 46. The van der Waals surface area contributed by atoms with Gasteiger partial charge in [-0.3, -0.25) is 0 Å².